The summed E-state index contributed by atoms with van der Waals surface area (Å²) in [5.74, 6) is -0.385. The molecule has 0 saturated carbocycles. The summed E-state index contributed by atoms with van der Waals surface area (Å²) < 4.78 is 0. The Balaban J connectivity index is 2.07. The molecule has 6 heteroatoms. The summed E-state index contributed by atoms with van der Waals surface area (Å²) in [6.45, 7) is 5.40. The van der Waals surface area contributed by atoms with Gasteiger partial charge in [-0.05, 0) is 30.4 Å². The van der Waals surface area contributed by atoms with Crippen LogP contribution in [0.5, 0.6) is 0 Å². The molecular formula is C18H24N2O3S. The Labute approximate surface area is 147 Å². The van der Waals surface area contributed by atoms with Gasteiger partial charge in [0.25, 0.3) is 0 Å². The van der Waals surface area contributed by atoms with Gasteiger partial charge in [0.1, 0.15) is 6.04 Å². The van der Waals surface area contributed by atoms with E-state index in [-0.39, 0.29) is 22.8 Å². The van der Waals surface area contributed by atoms with Crippen molar-refractivity contribution in [1.82, 2.24) is 5.32 Å². The molecule has 0 bridgehead atoms. The smallest absolute Gasteiger partial charge is 0.246 e. The largest absolute Gasteiger partial charge is 0.343 e. The average Bonchev–Trinajstić information content (AvgIpc) is 2.71. The number of carbonyl (C=O) groups excluding carboxylic acids is 3. The fourth-order valence-corrected chi connectivity index (χ4v) is 3.68. The third-order valence-electron chi connectivity index (χ3n) is 4.32. The van der Waals surface area contributed by atoms with Gasteiger partial charge in [0.15, 0.2) is 5.12 Å². The highest BCUT2D eigenvalue weighted by Crippen LogP contribution is 2.25. The molecule has 0 radical (unpaired) electrons. The summed E-state index contributed by atoms with van der Waals surface area (Å²) in [5, 5.41) is 5.16. The lowest BCUT2D eigenvalue weighted by Gasteiger charge is -2.23. The van der Waals surface area contributed by atoms with E-state index in [0.717, 1.165) is 29.4 Å². The van der Waals surface area contributed by atoms with E-state index in [4.69, 9.17) is 0 Å². The van der Waals surface area contributed by atoms with E-state index in [1.165, 1.54) is 6.92 Å². The lowest BCUT2D eigenvalue weighted by molar-refractivity contribution is -0.126. The number of fused-ring (bicyclic) bond motifs is 1. The minimum absolute atomic E-state index is 0.0601. The van der Waals surface area contributed by atoms with Crippen molar-refractivity contribution in [3.05, 3.63) is 29.8 Å². The summed E-state index contributed by atoms with van der Waals surface area (Å²) in [4.78, 5) is 36.5. The Morgan fingerprint density at radius 3 is 2.75 bits per heavy atom. The fraction of sp³-hybridized carbons (Fsp3) is 0.500. The maximum absolute atomic E-state index is 12.6. The zero-order chi connectivity index (χ0) is 17.7. The van der Waals surface area contributed by atoms with Crippen molar-refractivity contribution < 1.29 is 14.4 Å². The summed E-state index contributed by atoms with van der Waals surface area (Å²) in [6.07, 6.45) is 2.06. The van der Waals surface area contributed by atoms with Crippen LogP contribution in [0.3, 0.4) is 0 Å². The first kappa shape index (κ1) is 18.5. The number of aryl methyl sites for hydroxylation is 1. The van der Waals surface area contributed by atoms with E-state index in [9.17, 15) is 14.4 Å². The highest BCUT2D eigenvalue weighted by Gasteiger charge is 2.31. The van der Waals surface area contributed by atoms with Crippen LogP contribution in [0, 0.1) is 5.92 Å². The predicted octanol–water partition coefficient (Wildman–Crippen LogP) is 2.75. The normalized spacial score (nSPS) is 19.5. The Bertz CT molecular complexity index is 632. The lowest BCUT2D eigenvalue weighted by Crippen LogP contribution is -2.48. The molecule has 0 aliphatic carbocycles. The van der Waals surface area contributed by atoms with Gasteiger partial charge >= 0.3 is 0 Å². The zero-order valence-electron chi connectivity index (χ0n) is 14.3. The highest BCUT2D eigenvalue weighted by atomic mass is 32.2. The molecule has 1 aliphatic heterocycles. The number of hydrogen-bond donors (Lipinski definition) is 2. The van der Waals surface area contributed by atoms with Crippen molar-refractivity contribution in [2.75, 3.05) is 5.32 Å². The molecule has 5 nitrogen and oxygen atoms in total. The van der Waals surface area contributed by atoms with E-state index >= 15 is 0 Å². The Hall–Kier alpha value is -1.82. The SMILES string of the molecule is CC[C@@H](C)[C@H](SC(C)=O)C(=O)N[C@H]1CCc2ccccc2NC1=O. The summed E-state index contributed by atoms with van der Waals surface area (Å²) in [5.41, 5.74) is 1.87. The third-order valence-corrected chi connectivity index (χ3v) is 5.59. The Kier molecular flexibility index (Phi) is 6.43. The molecule has 0 aromatic heterocycles. The summed E-state index contributed by atoms with van der Waals surface area (Å²) >= 11 is 1.04. The van der Waals surface area contributed by atoms with Crippen LogP contribution in [-0.2, 0) is 20.8 Å². The minimum Gasteiger partial charge on any atom is -0.343 e. The van der Waals surface area contributed by atoms with Crippen molar-refractivity contribution in [3.63, 3.8) is 0 Å². The molecule has 0 saturated heterocycles. The van der Waals surface area contributed by atoms with Gasteiger partial charge in [0.2, 0.25) is 11.8 Å². The first-order valence-electron chi connectivity index (χ1n) is 8.28. The second-order valence-corrected chi connectivity index (χ2v) is 7.48. The van der Waals surface area contributed by atoms with E-state index in [2.05, 4.69) is 10.6 Å². The lowest BCUT2D eigenvalue weighted by atomic mass is 10.0. The maximum atomic E-state index is 12.6. The van der Waals surface area contributed by atoms with Crippen LogP contribution in [-0.4, -0.2) is 28.2 Å². The topological polar surface area (TPSA) is 75.3 Å². The molecule has 0 unspecified atom stereocenters. The van der Waals surface area contributed by atoms with E-state index in [1.54, 1.807) is 0 Å². The number of amides is 2. The molecule has 1 aliphatic rings. The molecule has 0 fully saturated rings. The minimum atomic E-state index is -0.580. The van der Waals surface area contributed by atoms with Gasteiger partial charge in [-0.25, -0.2) is 0 Å². The molecule has 1 heterocycles. The molecule has 3 atom stereocenters. The highest BCUT2D eigenvalue weighted by molar-refractivity contribution is 8.14. The van der Waals surface area contributed by atoms with E-state index in [0.29, 0.717) is 12.8 Å². The number of anilines is 1. The van der Waals surface area contributed by atoms with E-state index < -0.39 is 11.3 Å². The van der Waals surface area contributed by atoms with E-state index in [1.807, 2.05) is 38.1 Å². The predicted molar refractivity (Wildman–Crippen MR) is 96.8 cm³/mol. The second kappa shape index (κ2) is 8.33. The number of hydrogen-bond acceptors (Lipinski definition) is 4. The number of thioether (sulfide) groups is 1. The molecule has 1 aromatic carbocycles. The molecule has 2 N–H and O–H groups in total. The zero-order valence-corrected chi connectivity index (χ0v) is 15.1. The van der Waals surface area contributed by atoms with Gasteiger partial charge in [-0.1, -0.05) is 50.2 Å². The molecular weight excluding hydrogens is 324 g/mol. The molecule has 2 amide bonds. The van der Waals surface area contributed by atoms with Crippen molar-refractivity contribution in [2.24, 2.45) is 5.92 Å². The van der Waals surface area contributed by atoms with Crippen molar-refractivity contribution in [3.8, 4) is 0 Å². The molecule has 0 spiro atoms. The monoisotopic (exact) mass is 348 g/mol. The van der Waals surface area contributed by atoms with Crippen LogP contribution in [0.15, 0.2) is 24.3 Å². The quantitative estimate of drug-likeness (QED) is 0.858. The fourth-order valence-electron chi connectivity index (χ4n) is 2.72. The maximum Gasteiger partial charge on any atom is 0.246 e. The third kappa shape index (κ3) is 4.60. The van der Waals surface area contributed by atoms with Gasteiger partial charge in [-0.2, -0.15) is 0 Å². The summed E-state index contributed by atoms with van der Waals surface area (Å²) in [7, 11) is 0. The van der Waals surface area contributed by atoms with Gasteiger partial charge < -0.3 is 10.6 Å². The molecule has 130 valence electrons. The summed E-state index contributed by atoms with van der Waals surface area (Å²) in [6, 6.07) is 7.08. The standard InChI is InChI=1S/C18H24N2O3S/c1-4-11(2)16(24-12(3)21)18(23)20-15-10-9-13-7-5-6-8-14(13)19-17(15)22/h5-8,11,15-16H,4,9-10H2,1-3H3,(H,19,22)(H,20,23)/t11-,15+,16+/m1/s1. The van der Waals surface area contributed by atoms with Crippen molar-refractivity contribution >= 4 is 34.4 Å². The first-order valence-corrected chi connectivity index (χ1v) is 9.16. The first-order chi connectivity index (χ1) is 11.4. The number of benzene rings is 1. The number of para-hydroxylation sites is 1. The van der Waals surface area contributed by atoms with Crippen LogP contribution >= 0.6 is 11.8 Å². The number of rotatable bonds is 5. The van der Waals surface area contributed by atoms with Gasteiger partial charge in [-0.3, -0.25) is 14.4 Å². The molecule has 2 rings (SSSR count). The average molecular weight is 348 g/mol. The molecule has 24 heavy (non-hydrogen) atoms. The van der Waals surface area contributed by atoms with Crippen molar-refractivity contribution in [1.29, 1.82) is 0 Å². The van der Waals surface area contributed by atoms with Crippen LogP contribution in [0.4, 0.5) is 5.69 Å². The molecule has 1 aromatic rings. The second-order valence-electron chi connectivity index (χ2n) is 6.16. The number of carbonyl (C=O) groups is 3. The van der Waals surface area contributed by atoms with Crippen LogP contribution in [0.2, 0.25) is 0 Å². The van der Waals surface area contributed by atoms with Crippen LogP contribution in [0.1, 0.15) is 39.2 Å². The van der Waals surface area contributed by atoms with Crippen LogP contribution in [0.25, 0.3) is 0 Å². The van der Waals surface area contributed by atoms with Gasteiger partial charge in [0, 0.05) is 12.6 Å². The van der Waals surface area contributed by atoms with Gasteiger partial charge in [-0.15, -0.1) is 0 Å². The number of nitrogens with one attached hydrogen (secondary N) is 2. The van der Waals surface area contributed by atoms with Crippen LogP contribution < -0.4 is 10.6 Å². The van der Waals surface area contributed by atoms with Crippen molar-refractivity contribution in [2.45, 2.75) is 51.3 Å². The Morgan fingerprint density at radius 1 is 1.38 bits per heavy atom. The Morgan fingerprint density at radius 2 is 2.08 bits per heavy atom. The van der Waals surface area contributed by atoms with Gasteiger partial charge in [0.05, 0.1) is 5.25 Å².